The van der Waals surface area contributed by atoms with Gasteiger partial charge in [0, 0.05) is 31.7 Å². The zero-order valence-electron chi connectivity index (χ0n) is 13.4. The van der Waals surface area contributed by atoms with Crippen molar-refractivity contribution >= 4 is 6.03 Å². The molecule has 3 aromatic rings. The summed E-state index contributed by atoms with van der Waals surface area (Å²) in [5, 5.41) is 7.08. The van der Waals surface area contributed by atoms with Crippen LogP contribution in [0.4, 0.5) is 4.79 Å². The summed E-state index contributed by atoms with van der Waals surface area (Å²) in [6, 6.07) is 9.14. The van der Waals surface area contributed by atoms with Crippen molar-refractivity contribution in [1.29, 1.82) is 0 Å². The van der Waals surface area contributed by atoms with E-state index in [0.717, 1.165) is 17.1 Å². The molecule has 3 rings (SSSR count). The van der Waals surface area contributed by atoms with Crippen molar-refractivity contribution in [1.82, 2.24) is 25.0 Å². The number of urea groups is 1. The second-order valence-corrected chi connectivity index (χ2v) is 5.23. The summed E-state index contributed by atoms with van der Waals surface area (Å²) in [7, 11) is 0. The van der Waals surface area contributed by atoms with E-state index in [2.05, 4.69) is 15.4 Å². The van der Waals surface area contributed by atoms with Crippen molar-refractivity contribution in [3.8, 4) is 5.82 Å². The van der Waals surface area contributed by atoms with Gasteiger partial charge in [-0.2, -0.15) is 5.10 Å². The number of pyridine rings is 1. The topological polar surface area (TPSA) is 76.2 Å². The molecule has 24 heavy (non-hydrogen) atoms. The molecule has 0 radical (unpaired) electrons. The van der Waals surface area contributed by atoms with Crippen LogP contribution >= 0.6 is 0 Å². The molecule has 0 aromatic carbocycles. The summed E-state index contributed by atoms with van der Waals surface area (Å²) in [6.45, 7) is 3.40. The van der Waals surface area contributed by atoms with Crippen LogP contribution in [-0.4, -0.2) is 32.2 Å². The lowest BCUT2D eigenvalue weighted by atomic mass is 10.2. The number of rotatable bonds is 6. The molecule has 0 bridgehead atoms. The van der Waals surface area contributed by atoms with E-state index in [-0.39, 0.29) is 6.03 Å². The van der Waals surface area contributed by atoms with E-state index in [4.69, 9.17) is 4.42 Å². The van der Waals surface area contributed by atoms with Crippen LogP contribution < -0.4 is 5.32 Å². The summed E-state index contributed by atoms with van der Waals surface area (Å²) < 4.78 is 6.98. The third-order valence-corrected chi connectivity index (χ3v) is 3.59. The highest BCUT2D eigenvalue weighted by atomic mass is 16.3. The Bertz CT molecular complexity index is 768. The number of amides is 2. The van der Waals surface area contributed by atoms with E-state index in [9.17, 15) is 4.79 Å². The highest BCUT2D eigenvalue weighted by molar-refractivity contribution is 5.74. The molecule has 2 amide bonds. The molecule has 124 valence electrons. The van der Waals surface area contributed by atoms with Crippen LogP contribution in [0.1, 0.15) is 18.2 Å². The fourth-order valence-electron chi connectivity index (χ4n) is 2.31. The molecule has 0 spiro atoms. The summed E-state index contributed by atoms with van der Waals surface area (Å²) in [4.78, 5) is 18.3. The van der Waals surface area contributed by atoms with Gasteiger partial charge in [-0.25, -0.2) is 14.5 Å². The number of carbonyl (C=O) groups is 1. The van der Waals surface area contributed by atoms with Gasteiger partial charge in [0.15, 0.2) is 5.82 Å². The maximum absolute atomic E-state index is 12.3. The first kappa shape index (κ1) is 15.8. The van der Waals surface area contributed by atoms with E-state index >= 15 is 0 Å². The predicted octanol–water partition coefficient (Wildman–Crippen LogP) is 2.59. The Hall–Kier alpha value is -3.09. The number of hydrogen-bond donors (Lipinski definition) is 1. The Morgan fingerprint density at radius 2 is 2.25 bits per heavy atom. The first-order chi connectivity index (χ1) is 11.8. The third kappa shape index (κ3) is 3.81. The fraction of sp³-hybridized carbons (Fsp3) is 0.235. The van der Waals surface area contributed by atoms with Gasteiger partial charge < -0.3 is 14.6 Å². The Balaban J connectivity index is 1.60. The quantitative estimate of drug-likeness (QED) is 0.756. The molecule has 0 saturated carbocycles. The van der Waals surface area contributed by atoms with Crippen molar-refractivity contribution in [3.05, 3.63) is 66.5 Å². The minimum Gasteiger partial charge on any atom is -0.467 e. The maximum atomic E-state index is 12.3. The fourth-order valence-corrected chi connectivity index (χ4v) is 2.31. The monoisotopic (exact) mass is 325 g/mol. The average Bonchev–Trinajstić information content (AvgIpc) is 3.31. The lowest BCUT2D eigenvalue weighted by Gasteiger charge is -2.20. The normalized spacial score (nSPS) is 10.5. The molecular formula is C17H19N5O2. The summed E-state index contributed by atoms with van der Waals surface area (Å²) in [5.41, 5.74) is 0.956. The number of aromatic nitrogens is 3. The number of carbonyl (C=O) groups excluding carboxylic acids is 1. The van der Waals surface area contributed by atoms with Gasteiger partial charge in [0.05, 0.1) is 12.8 Å². The van der Waals surface area contributed by atoms with E-state index in [1.54, 1.807) is 28.2 Å². The van der Waals surface area contributed by atoms with Crippen LogP contribution in [0.25, 0.3) is 5.82 Å². The van der Waals surface area contributed by atoms with Crippen LogP contribution in [-0.2, 0) is 13.1 Å². The van der Waals surface area contributed by atoms with Gasteiger partial charge in [-0.3, -0.25) is 0 Å². The van der Waals surface area contributed by atoms with Crippen LogP contribution in [0.2, 0.25) is 0 Å². The number of furan rings is 1. The molecular weight excluding hydrogens is 306 g/mol. The molecule has 3 aromatic heterocycles. The first-order valence-corrected chi connectivity index (χ1v) is 7.76. The van der Waals surface area contributed by atoms with Gasteiger partial charge in [0.2, 0.25) is 0 Å². The molecule has 1 N–H and O–H groups in total. The van der Waals surface area contributed by atoms with Gasteiger partial charge in [-0.1, -0.05) is 0 Å². The van der Waals surface area contributed by atoms with Crippen LogP contribution in [0.3, 0.4) is 0 Å². The van der Waals surface area contributed by atoms with Gasteiger partial charge in [-0.05, 0) is 42.8 Å². The smallest absolute Gasteiger partial charge is 0.318 e. The number of nitrogens with one attached hydrogen (secondary N) is 1. The summed E-state index contributed by atoms with van der Waals surface area (Å²) in [6.07, 6.45) is 6.84. The summed E-state index contributed by atoms with van der Waals surface area (Å²) >= 11 is 0. The summed E-state index contributed by atoms with van der Waals surface area (Å²) in [5.74, 6) is 1.48. The molecule has 3 heterocycles. The number of nitrogens with zero attached hydrogens (tertiary/aromatic N) is 4. The maximum Gasteiger partial charge on any atom is 0.318 e. The van der Waals surface area contributed by atoms with Crippen LogP contribution in [0.5, 0.6) is 0 Å². The predicted molar refractivity (Wildman–Crippen MR) is 88.4 cm³/mol. The Morgan fingerprint density at radius 1 is 1.33 bits per heavy atom. The van der Waals surface area contributed by atoms with Crippen molar-refractivity contribution in [2.75, 3.05) is 6.54 Å². The second-order valence-electron chi connectivity index (χ2n) is 5.23. The molecule has 0 unspecified atom stereocenters. The first-order valence-electron chi connectivity index (χ1n) is 7.76. The van der Waals surface area contributed by atoms with Crippen LogP contribution in [0.15, 0.2) is 59.6 Å². The molecule has 0 atom stereocenters. The third-order valence-electron chi connectivity index (χ3n) is 3.59. The molecule has 0 fully saturated rings. The van der Waals surface area contributed by atoms with E-state index in [0.29, 0.717) is 19.6 Å². The van der Waals surface area contributed by atoms with Gasteiger partial charge >= 0.3 is 6.03 Å². The molecule has 0 aliphatic carbocycles. The standard InChI is InChI=1S/C17H19N5O2/c1-2-21(13-15-5-3-10-24-15)17(23)19-12-14-6-8-18-16(11-14)22-9-4-7-20-22/h3-11H,2,12-13H2,1H3,(H,19,23). The SMILES string of the molecule is CCN(Cc1ccco1)C(=O)NCc1ccnc(-n2cccn2)c1. The van der Waals surface area contributed by atoms with Crippen molar-refractivity contribution in [3.63, 3.8) is 0 Å². The van der Waals surface area contributed by atoms with Crippen LogP contribution in [0, 0.1) is 0 Å². The van der Waals surface area contributed by atoms with E-state index in [1.807, 2.05) is 43.5 Å². The number of hydrogen-bond acceptors (Lipinski definition) is 4. The van der Waals surface area contributed by atoms with Crippen molar-refractivity contribution in [2.24, 2.45) is 0 Å². The van der Waals surface area contributed by atoms with E-state index < -0.39 is 0 Å². The van der Waals surface area contributed by atoms with Gasteiger partial charge in [0.25, 0.3) is 0 Å². The van der Waals surface area contributed by atoms with Crippen molar-refractivity contribution in [2.45, 2.75) is 20.0 Å². The molecule has 0 saturated heterocycles. The minimum atomic E-state index is -0.133. The van der Waals surface area contributed by atoms with Crippen molar-refractivity contribution < 1.29 is 9.21 Å². The average molecular weight is 325 g/mol. The zero-order valence-corrected chi connectivity index (χ0v) is 13.4. The molecule has 0 aliphatic heterocycles. The highest BCUT2D eigenvalue weighted by Crippen LogP contribution is 2.08. The Kier molecular flexibility index (Phi) is 4.90. The molecule has 7 heteroatoms. The second kappa shape index (κ2) is 7.45. The van der Waals surface area contributed by atoms with Gasteiger partial charge in [0.1, 0.15) is 5.76 Å². The lowest BCUT2D eigenvalue weighted by Crippen LogP contribution is -2.38. The molecule has 0 aliphatic rings. The van der Waals surface area contributed by atoms with E-state index in [1.165, 1.54) is 0 Å². The Labute approximate surface area is 139 Å². The minimum absolute atomic E-state index is 0.133. The lowest BCUT2D eigenvalue weighted by molar-refractivity contribution is 0.193. The molecule has 7 nitrogen and oxygen atoms in total. The zero-order chi connectivity index (χ0) is 16.8. The highest BCUT2D eigenvalue weighted by Gasteiger charge is 2.13. The largest absolute Gasteiger partial charge is 0.467 e. The Morgan fingerprint density at radius 3 is 2.96 bits per heavy atom. The van der Waals surface area contributed by atoms with Gasteiger partial charge in [-0.15, -0.1) is 0 Å².